The number of ether oxygens (including phenoxy) is 3. The molecule has 1 aliphatic heterocycles. The number of benzene rings is 2. The van der Waals surface area contributed by atoms with Crippen molar-refractivity contribution in [2.75, 3.05) is 25.1 Å². The van der Waals surface area contributed by atoms with Gasteiger partial charge in [0.2, 0.25) is 0 Å². The Morgan fingerprint density at radius 1 is 1.15 bits per heavy atom. The molecule has 27 heavy (non-hydrogen) atoms. The highest BCUT2D eigenvalue weighted by Gasteiger charge is 2.19. The molecule has 1 aliphatic rings. The summed E-state index contributed by atoms with van der Waals surface area (Å²) in [6.07, 6.45) is 0. The Morgan fingerprint density at radius 3 is 2.63 bits per heavy atom. The number of hydrogen-bond donors (Lipinski definition) is 1. The Hall–Kier alpha value is -3.33. The predicted molar refractivity (Wildman–Crippen MR) is 94.5 cm³/mol. The van der Waals surface area contributed by atoms with E-state index in [2.05, 4.69) is 5.32 Å². The maximum atomic E-state index is 12.1. The first-order valence-corrected chi connectivity index (χ1v) is 8.12. The van der Waals surface area contributed by atoms with Crippen molar-refractivity contribution in [2.45, 2.75) is 0 Å². The summed E-state index contributed by atoms with van der Waals surface area (Å²) in [6, 6.07) is 8.24. The number of rotatable bonds is 5. The number of esters is 1. The van der Waals surface area contributed by atoms with E-state index < -0.39 is 23.4 Å². The van der Waals surface area contributed by atoms with E-state index in [9.17, 15) is 19.7 Å². The van der Waals surface area contributed by atoms with Crippen molar-refractivity contribution in [3.05, 3.63) is 57.1 Å². The second kappa shape index (κ2) is 7.92. The standard InChI is InChI=1S/C17H13ClN2O7/c18-11-2-3-13(20(23)24)12(8-11)19-16(21)9-27-17(22)10-1-4-14-15(7-10)26-6-5-25-14/h1-4,7-8H,5-6,9H2,(H,19,21). The molecule has 0 fully saturated rings. The average Bonchev–Trinajstić information content (AvgIpc) is 2.65. The Kier molecular flexibility index (Phi) is 5.41. The van der Waals surface area contributed by atoms with Gasteiger partial charge < -0.3 is 19.5 Å². The van der Waals surface area contributed by atoms with Crippen LogP contribution in [0.5, 0.6) is 11.5 Å². The van der Waals surface area contributed by atoms with Gasteiger partial charge in [0.05, 0.1) is 10.5 Å². The van der Waals surface area contributed by atoms with E-state index in [1.54, 1.807) is 6.07 Å². The summed E-state index contributed by atoms with van der Waals surface area (Å²) in [5.41, 5.74) is -0.237. The van der Waals surface area contributed by atoms with Crippen LogP contribution in [0.3, 0.4) is 0 Å². The minimum atomic E-state index is -0.747. The van der Waals surface area contributed by atoms with E-state index >= 15 is 0 Å². The average molecular weight is 393 g/mol. The third-order valence-corrected chi connectivity index (χ3v) is 3.78. The van der Waals surface area contributed by atoms with E-state index in [4.69, 9.17) is 25.8 Å². The van der Waals surface area contributed by atoms with Crippen LogP contribution in [0.4, 0.5) is 11.4 Å². The van der Waals surface area contributed by atoms with Crippen LogP contribution in [0, 0.1) is 10.1 Å². The molecule has 1 heterocycles. The lowest BCUT2D eigenvalue weighted by atomic mass is 10.2. The van der Waals surface area contributed by atoms with Gasteiger partial charge in [0, 0.05) is 11.1 Å². The number of nitro groups is 1. The summed E-state index contributed by atoms with van der Waals surface area (Å²) < 4.78 is 15.7. The molecular formula is C17H13ClN2O7. The number of fused-ring (bicyclic) bond motifs is 1. The van der Waals surface area contributed by atoms with Gasteiger partial charge in [-0.15, -0.1) is 0 Å². The second-order valence-corrected chi connectivity index (χ2v) is 5.84. The molecule has 10 heteroatoms. The number of carbonyl (C=O) groups is 2. The highest BCUT2D eigenvalue weighted by Crippen LogP contribution is 2.31. The van der Waals surface area contributed by atoms with Crippen LogP contribution in [0.2, 0.25) is 5.02 Å². The fourth-order valence-electron chi connectivity index (χ4n) is 2.34. The van der Waals surface area contributed by atoms with Crippen molar-refractivity contribution in [3.8, 4) is 11.5 Å². The number of nitro benzene ring substituents is 1. The van der Waals surface area contributed by atoms with Gasteiger partial charge in [0.25, 0.3) is 11.6 Å². The quantitative estimate of drug-likeness (QED) is 0.472. The molecular weight excluding hydrogens is 380 g/mol. The molecule has 0 spiro atoms. The van der Waals surface area contributed by atoms with Crippen LogP contribution in [0.1, 0.15) is 10.4 Å². The van der Waals surface area contributed by atoms with E-state index in [-0.39, 0.29) is 22.0 Å². The van der Waals surface area contributed by atoms with Gasteiger partial charge in [0.15, 0.2) is 18.1 Å². The number of nitrogens with zero attached hydrogens (tertiary/aromatic N) is 1. The first-order chi connectivity index (χ1) is 12.9. The van der Waals surface area contributed by atoms with Crippen LogP contribution in [-0.2, 0) is 9.53 Å². The summed E-state index contributed by atoms with van der Waals surface area (Å²) >= 11 is 5.79. The molecule has 2 aromatic carbocycles. The maximum absolute atomic E-state index is 12.1. The molecule has 3 rings (SSSR count). The van der Waals surface area contributed by atoms with Crippen LogP contribution < -0.4 is 14.8 Å². The molecule has 0 aromatic heterocycles. The van der Waals surface area contributed by atoms with Gasteiger partial charge in [-0.2, -0.15) is 0 Å². The van der Waals surface area contributed by atoms with Crippen molar-refractivity contribution < 1.29 is 28.7 Å². The van der Waals surface area contributed by atoms with E-state index in [0.717, 1.165) is 0 Å². The summed E-state index contributed by atoms with van der Waals surface area (Å²) in [5, 5.41) is 13.5. The number of nitrogens with one attached hydrogen (secondary N) is 1. The molecule has 2 aromatic rings. The topological polar surface area (TPSA) is 117 Å². The molecule has 0 unspecified atom stereocenters. The van der Waals surface area contributed by atoms with E-state index in [1.807, 2.05) is 0 Å². The molecule has 1 N–H and O–H groups in total. The largest absolute Gasteiger partial charge is 0.486 e. The third-order valence-electron chi connectivity index (χ3n) is 3.54. The highest BCUT2D eigenvalue weighted by molar-refractivity contribution is 6.31. The zero-order valence-corrected chi connectivity index (χ0v) is 14.5. The molecule has 0 atom stereocenters. The predicted octanol–water partition coefficient (Wildman–Crippen LogP) is 2.81. The molecule has 0 saturated carbocycles. The van der Waals surface area contributed by atoms with Gasteiger partial charge in [-0.25, -0.2) is 4.79 Å². The minimum absolute atomic E-state index is 0.0899. The Balaban J connectivity index is 1.62. The van der Waals surface area contributed by atoms with Crippen molar-refractivity contribution >= 4 is 34.9 Å². The number of halogens is 1. The van der Waals surface area contributed by atoms with Gasteiger partial charge >= 0.3 is 5.97 Å². The lowest BCUT2D eigenvalue weighted by Crippen LogP contribution is -2.21. The van der Waals surface area contributed by atoms with Crippen LogP contribution in [0.15, 0.2) is 36.4 Å². The third kappa shape index (κ3) is 4.45. The highest BCUT2D eigenvalue weighted by atomic mass is 35.5. The first-order valence-electron chi connectivity index (χ1n) is 7.74. The monoisotopic (exact) mass is 392 g/mol. The van der Waals surface area contributed by atoms with E-state index in [0.29, 0.717) is 24.7 Å². The molecule has 0 saturated heterocycles. The SMILES string of the molecule is O=C(COC(=O)c1ccc2c(c1)OCCO2)Nc1cc(Cl)ccc1[N+](=O)[O-]. The smallest absolute Gasteiger partial charge is 0.338 e. The Bertz CT molecular complexity index is 916. The number of hydrogen-bond acceptors (Lipinski definition) is 7. The van der Waals surface area contributed by atoms with Crippen LogP contribution in [0.25, 0.3) is 0 Å². The fourth-order valence-corrected chi connectivity index (χ4v) is 2.51. The lowest BCUT2D eigenvalue weighted by molar-refractivity contribution is -0.383. The molecule has 0 bridgehead atoms. The van der Waals surface area contributed by atoms with Crippen LogP contribution >= 0.6 is 11.6 Å². The molecule has 0 radical (unpaired) electrons. The Morgan fingerprint density at radius 2 is 1.89 bits per heavy atom. The molecule has 1 amide bonds. The molecule has 140 valence electrons. The van der Waals surface area contributed by atoms with Crippen molar-refractivity contribution in [3.63, 3.8) is 0 Å². The summed E-state index contributed by atoms with van der Waals surface area (Å²) in [4.78, 5) is 34.4. The molecule has 9 nitrogen and oxygen atoms in total. The van der Waals surface area contributed by atoms with Crippen LogP contribution in [-0.4, -0.2) is 36.6 Å². The van der Waals surface area contributed by atoms with Gasteiger partial charge in [0.1, 0.15) is 18.9 Å². The minimum Gasteiger partial charge on any atom is -0.486 e. The lowest BCUT2D eigenvalue weighted by Gasteiger charge is -2.18. The van der Waals surface area contributed by atoms with Gasteiger partial charge in [-0.3, -0.25) is 14.9 Å². The first kappa shape index (κ1) is 18.5. The number of carbonyl (C=O) groups excluding carboxylic acids is 2. The van der Waals surface area contributed by atoms with Crippen molar-refractivity contribution in [2.24, 2.45) is 0 Å². The number of amides is 1. The van der Waals surface area contributed by atoms with E-state index in [1.165, 1.54) is 30.3 Å². The normalized spacial score (nSPS) is 12.2. The maximum Gasteiger partial charge on any atom is 0.338 e. The van der Waals surface area contributed by atoms with Crippen molar-refractivity contribution in [1.82, 2.24) is 0 Å². The zero-order chi connectivity index (χ0) is 19.4. The van der Waals surface area contributed by atoms with Gasteiger partial charge in [-0.1, -0.05) is 11.6 Å². The molecule has 0 aliphatic carbocycles. The fraction of sp³-hybridized carbons (Fsp3) is 0.176. The summed E-state index contributed by atoms with van der Waals surface area (Å²) in [5.74, 6) is -0.563. The zero-order valence-electron chi connectivity index (χ0n) is 13.8. The Labute approximate surface area is 157 Å². The number of anilines is 1. The van der Waals surface area contributed by atoms with Gasteiger partial charge in [-0.05, 0) is 30.3 Å². The summed E-state index contributed by atoms with van der Waals surface area (Å²) in [7, 11) is 0. The van der Waals surface area contributed by atoms with Crippen molar-refractivity contribution in [1.29, 1.82) is 0 Å². The second-order valence-electron chi connectivity index (χ2n) is 5.40. The summed E-state index contributed by atoms with van der Waals surface area (Å²) in [6.45, 7) is 0.163.